The van der Waals surface area contributed by atoms with Gasteiger partial charge < -0.3 is 9.72 Å². The van der Waals surface area contributed by atoms with E-state index in [1.165, 1.54) is 11.6 Å². The molecular weight excluding hydrogens is 392 g/mol. The van der Waals surface area contributed by atoms with E-state index in [-0.39, 0.29) is 29.9 Å². The minimum Gasteiger partial charge on any atom is -0.497 e. The van der Waals surface area contributed by atoms with E-state index in [9.17, 15) is 14.4 Å². The van der Waals surface area contributed by atoms with Crippen molar-refractivity contribution in [3.05, 3.63) is 55.4 Å². The normalized spacial score (nSPS) is 11.0. The summed E-state index contributed by atoms with van der Waals surface area (Å²) in [5.41, 5.74) is -0.0422. The van der Waals surface area contributed by atoms with Crippen LogP contribution in [0.1, 0.15) is 16.8 Å². The van der Waals surface area contributed by atoms with Crippen LogP contribution in [0.15, 0.2) is 38.6 Å². The minimum atomic E-state index is -0.515. The van der Waals surface area contributed by atoms with Gasteiger partial charge in [0.25, 0.3) is 5.56 Å². The first-order valence-corrected chi connectivity index (χ1v) is 8.24. The van der Waals surface area contributed by atoms with Gasteiger partial charge in [-0.15, -0.1) is 0 Å². The number of aromatic amines is 1. The largest absolute Gasteiger partial charge is 0.497 e. The van der Waals surface area contributed by atoms with Crippen LogP contribution in [0.2, 0.25) is 0 Å². The highest BCUT2D eigenvalue weighted by molar-refractivity contribution is 9.10. The first-order chi connectivity index (χ1) is 11.9. The van der Waals surface area contributed by atoms with Crippen molar-refractivity contribution in [2.75, 3.05) is 7.11 Å². The summed E-state index contributed by atoms with van der Waals surface area (Å²) in [6.07, 6.45) is 0.0300. The van der Waals surface area contributed by atoms with Crippen molar-refractivity contribution < 1.29 is 9.53 Å². The molecule has 0 saturated heterocycles. The van der Waals surface area contributed by atoms with E-state index < -0.39 is 11.2 Å². The number of carbonyl (C=O) groups is 1. The Labute approximate surface area is 150 Å². The van der Waals surface area contributed by atoms with Crippen LogP contribution in [0.3, 0.4) is 0 Å². The lowest BCUT2D eigenvalue weighted by Gasteiger charge is -2.07. The van der Waals surface area contributed by atoms with Crippen LogP contribution >= 0.6 is 15.9 Å². The van der Waals surface area contributed by atoms with Crippen LogP contribution < -0.4 is 16.0 Å². The van der Waals surface area contributed by atoms with Crippen LogP contribution in [0.25, 0.3) is 11.2 Å². The Morgan fingerprint density at radius 2 is 1.96 bits per heavy atom. The highest BCUT2D eigenvalue weighted by atomic mass is 79.9. The Kier molecular flexibility index (Phi) is 4.58. The number of Topliss-reactive ketones (excluding diaryl/α,β-unsaturated/α-hetero) is 1. The molecule has 0 saturated carbocycles. The SMILES string of the molecule is COc1ccc(C(=O)CCn2c(=O)c3[nH]c(Br)nc3n(C)c2=O)cc1. The molecule has 0 amide bonds. The van der Waals surface area contributed by atoms with Crippen molar-refractivity contribution in [1.82, 2.24) is 19.1 Å². The summed E-state index contributed by atoms with van der Waals surface area (Å²) < 4.78 is 7.72. The molecule has 9 heteroatoms. The van der Waals surface area contributed by atoms with Crippen LogP contribution in [0, 0.1) is 0 Å². The molecular formula is C16H15BrN4O4. The van der Waals surface area contributed by atoms with E-state index in [1.807, 2.05) is 0 Å². The highest BCUT2D eigenvalue weighted by Crippen LogP contribution is 2.13. The maximum absolute atomic E-state index is 12.5. The number of hydrogen-bond donors (Lipinski definition) is 1. The topological polar surface area (TPSA) is 99.0 Å². The summed E-state index contributed by atoms with van der Waals surface area (Å²) in [6, 6.07) is 6.67. The molecule has 1 N–H and O–H groups in total. The maximum atomic E-state index is 12.5. The zero-order valence-electron chi connectivity index (χ0n) is 13.6. The molecule has 25 heavy (non-hydrogen) atoms. The molecule has 0 bridgehead atoms. The van der Waals surface area contributed by atoms with Gasteiger partial charge in [-0.2, -0.15) is 0 Å². The number of ether oxygens (including phenoxy) is 1. The van der Waals surface area contributed by atoms with E-state index in [2.05, 4.69) is 25.9 Å². The molecule has 2 aromatic heterocycles. The third-order valence-electron chi connectivity index (χ3n) is 3.92. The molecule has 8 nitrogen and oxygen atoms in total. The van der Waals surface area contributed by atoms with Crippen molar-refractivity contribution in [2.24, 2.45) is 7.05 Å². The van der Waals surface area contributed by atoms with Crippen molar-refractivity contribution in [3.8, 4) is 5.75 Å². The van der Waals surface area contributed by atoms with E-state index in [1.54, 1.807) is 31.4 Å². The molecule has 0 spiro atoms. The number of benzene rings is 1. The van der Waals surface area contributed by atoms with Gasteiger partial charge in [-0.1, -0.05) is 0 Å². The van der Waals surface area contributed by atoms with Gasteiger partial charge in [0, 0.05) is 25.6 Å². The lowest BCUT2D eigenvalue weighted by molar-refractivity contribution is 0.0976. The maximum Gasteiger partial charge on any atom is 0.332 e. The fourth-order valence-electron chi connectivity index (χ4n) is 2.55. The summed E-state index contributed by atoms with van der Waals surface area (Å²) in [6.45, 7) is -0.0110. The molecule has 130 valence electrons. The van der Waals surface area contributed by atoms with E-state index >= 15 is 0 Å². The van der Waals surface area contributed by atoms with Crippen molar-refractivity contribution in [1.29, 1.82) is 0 Å². The van der Waals surface area contributed by atoms with Crippen molar-refractivity contribution in [3.63, 3.8) is 0 Å². The zero-order valence-corrected chi connectivity index (χ0v) is 15.2. The minimum absolute atomic E-state index is 0.0110. The number of nitrogens with zero attached hydrogens (tertiary/aromatic N) is 3. The molecule has 0 aliphatic carbocycles. The molecule has 0 aliphatic rings. The molecule has 2 heterocycles. The van der Waals surface area contributed by atoms with Crippen LogP contribution in [-0.2, 0) is 13.6 Å². The smallest absolute Gasteiger partial charge is 0.332 e. The number of nitrogens with one attached hydrogen (secondary N) is 1. The van der Waals surface area contributed by atoms with Gasteiger partial charge in [0.05, 0.1) is 7.11 Å². The predicted octanol–water partition coefficient (Wildman–Crippen LogP) is 1.47. The summed E-state index contributed by atoms with van der Waals surface area (Å²) in [4.78, 5) is 44.0. The first-order valence-electron chi connectivity index (χ1n) is 7.44. The van der Waals surface area contributed by atoms with Gasteiger partial charge in [-0.25, -0.2) is 9.78 Å². The highest BCUT2D eigenvalue weighted by Gasteiger charge is 2.16. The average molecular weight is 407 g/mol. The Hall–Kier alpha value is -2.68. The van der Waals surface area contributed by atoms with Gasteiger partial charge in [0.15, 0.2) is 21.7 Å². The summed E-state index contributed by atoms with van der Waals surface area (Å²) in [5.74, 6) is 0.486. The molecule has 0 radical (unpaired) electrons. The van der Waals surface area contributed by atoms with E-state index in [0.717, 1.165) is 4.57 Å². The van der Waals surface area contributed by atoms with Gasteiger partial charge in [0.1, 0.15) is 5.75 Å². The molecule has 1 aromatic carbocycles. The number of ketones is 1. The molecule has 0 atom stereocenters. The summed E-state index contributed by atoms with van der Waals surface area (Å²) >= 11 is 3.15. The standard InChI is InChI=1S/C16H15BrN4O4/c1-20-13-12(18-15(17)19-13)14(23)21(16(20)24)8-7-11(22)9-3-5-10(25-2)6-4-9/h3-6H,7-8H2,1-2H3,(H,18,19). The van der Waals surface area contributed by atoms with E-state index in [0.29, 0.717) is 16.0 Å². The monoisotopic (exact) mass is 406 g/mol. The van der Waals surface area contributed by atoms with E-state index in [4.69, 9.17) is 4.74 Å². The number of fused-ring (bicyclic) bond motifs is 1. The first kappa shape index (κ1) is 17.2. The number of H-pyrrole nitrogens is 1. The number of aromatic nitrogens is 4. The third kappa shape index (κ3) is 3.14. The fourth-order valence-corrected chi connectivity index (χ4v) is 2.92. The van der Waals surface area contributed by atoms with Gasteiger partial charge in [-0.05, 0) is 40.2 Å². The van der Waals surface area contributed by atoms with Crippen molar-refractivity contribution in [2.45, 2.75) is 13.0 Å². The lowest BCUT2D eigenvalue weighted by Crippen LogP contribution is -2.39. The summed E-state index contributed by atoms with van der Waals surface area (Å²) in [7, 11) is 3.07. The molecule has 0 aliphatic heterocycles. The molecule has 0 unspecified atom stereocenters. The Morgan fingerprint density at radius 1 is 1.28 bits per heavy atom. The number of aryl methyl sites for hydroxylation is 1. The number of halogens is 1. The van der Waals surface area contributed by atoms with Gasteiger partial charge >= 0.3 is 5.69 Å². The Morgan fingerprint density at radius 3 is 2.60 bits per heavy atom. The van der Waals surface area contributed by atoms with Crippen LogP contribution in [0.5, 0.6) is 5.75 Å². The number of hydrogen-bond acceptors (Lipinski definition) is 5. The second kappa shape index (κ2) is 6.67. The number of imidazole rings is 1. The Balaban J connectivity index is 1.89. The fraction of sp³-hybridized carbons (Fsp3) is 0.250. The zero-order chi connectivity index (χ0) is 18.1. The molecule has 3 aromatic rings. The summed E-state index contributed by atoms with van der Waals surface area (Å²) in [5, 5.41) is 0. The van der Waals surface area contributed by atoms with Crippen LogP contribution in [-0.4, -0.2) is 32.0 Å². The second-order valence-corrected chi connectivity index (χ2v) is 6.18. The average Bonchev–Trinajstić information content (AvgIpc) is 3.02. The van der Waals surface area contributed by atoms with Gasteiger partial charge in [-0.3, -0.25) is 18.7 Å². The second-order valence-electron chi connectivity index (χ2n) is 5.43. The predicted molar refractivity (Wildman–Crippen MR) is 95.2 cm³/mol. The van der Waals surface area contributed by atoms with Crippen molar-refractivity contribution >= 4 is 32.9 Å². The van der Waals surface area contributed by atoms with Crippen LogP contribution in [0.4, 0.5) is 0 Å². The number of methoxy groups -OCH3 is 1. The van der Waals surface area contributed by atoms with Gasteiger partial charge in [0.2, 0.25) is 0 Å². The lowest BCUT2D eigenvalue weighted by atomic mass is 10.1. The molecule has 3 rings (SSSR count). The number of carbonyl (C=O) groups excluding carboxylic acids is 1. The number of rotatable bonds is 5. The quantitative estimate of drug-likeness (QED) is 0.510. The Bertz CT molecular complexity index is 1060. The molecule has 0 fully saturated rings. The third-order valence-corrected chi connectivity index (χ3v) is 4.30.